The Balaban J connectivity index is 1.70. The molecule has 1 heterocycles. The second-order valence-electron chi connectivity index (χ2n) is 5.63. The minimum Gasteiger partial charge on any atom is -0.493 e. The van der Waals surface area contributed by atoms with E-state index < -0.39 is 12.0 Å². The number of carbonyl (C=O) groups excluding carboxylic acids is 1. The highest BCUT2D eigenvalue weighted by Crippen LogP contribution is 2.40. The molecule has 3 rings (SSSR count). The Morgan fingerprint density at radius 2 is 1.69 bits per heavy atom. The number of hydrogen-bond donors (Lipinski definition) is 1. The quantitative estimate of drug-likeness (QED) is 0.626. The first-order chi connectivity index (χ1) is 12.7. The van der Waals surface area contributed by atoms with Crippen molar-refractivity contribution in [3.63, 3.8) is 0 Å². The van der Waals surface area contributed by atoms with E-state index in [0.29, 0.717) is 23.0 Å². The van der Waals surface area contributed by atoms with Crippen LogP contribution in [-0.4, -0.2) is 39.9 Å². The van der Waals surface area contributed by atoms with Gasteiger partial charge in [0.15, 0.2) is 11.5 Å². The molecule has 2 unspecified atom stereocenters. The van der Waals surface area contributed by atoms with Crippen LogP contribution in [0.25, 0.3) is 0 Å². The van der Waals surface area contributed by atoms with E-state index in [0.717, 1.165) is 5.56 Å². The zero-order valence-electron chi connectivity index (χ0n) is 14.9. The average Bonchev–Trinajstić information content (AvgIpc) is 3.18. The third-order valence-corrected chi connectivity index (χ3v) is 4.03. The fraction of sp³-hybridized carbons (Fsp3) is 0.316. The number of nitrogens with one attached hydrogen (secondary N) is 1. The number of benzene rings is 2. The molecule has 0 saturated carbocycles. The van der Waals surface area contributed by atoms with Gasteiger partial charge in [0.25, 0.3) is 0 Å². The van der Waals surface area contributed by atoms with Gasteiger partial charge in [-0.15, -0.1) is 0 Å². The lowest BCUT2D eigenvalue weighted by Gasteiger charge is -2.15. The van der Waals surface area contributed by atoms with Crippen molar-refractivity contribution in [2.24, 2.45) is 0 Å². The van der Waals surface area contributed by atoms with E-state index in [9.17, 15) is 4.79 Å². The Kier molecular flexibility index (Phi) is 5.60. The molecule has 1 aliphatic heterocycles. The number of hydrogen-bond acceptors (Lipinski definition) is 7. The molecule has 1 saturated heterocycles. The summed E-state index contributed by atoms with van der Waals surface area (Å²) in [5.41, 5.74) is 0.954. The summed E-state index contributed by atoms with van der Waals surface area (Å²) in [5, 5.41) is 3.12. The molecule has 7 nitrogen and oxygen atoms in total. The molecule has 1 N–H and O–H groups in total. The van der Waals surface area contributed by atoms with Crippen molar-refractivity contribution < 1.29 is 28.5 Å². The lowest BCUT2D eigenvalue weighted by Crippen LogP contribution is -2.37. The third kappa shape index (κ3) is 3.74. The second kappa shape index (κ2) is 8.07. The molecule has 0 aromatic heterocycles. The van der Waals surface area contributed by atoms with E-state index in [1.807, 2.05) is 30.3 Å². The van der Waals surface area contributed by atoms with Gasteiger partial charge in [0.05, 0.1) is 27.9 Å². The lowest BCUT2D eigenvalue weighted by atomic mass is 10.2. The number of methoxy groups -OCH3 is 3. The van der Waals surface area contributed by atoms with Crippen LogP contribution in [0.15, 0.2) is 42.5 Å². The Morgan fingerprint density at radius 1 is 1.04 bits per heavy atom. The first kappa shape index (κ1) is 18.0. The summed E-state index contributed by atoms with van der Waals surface area (Å²) in [6.45, 7) is 0.225. The summed E-state index contributed by atoms with van der Waals surface area (Å²) >= 11 is 0. The van der Waals surface area contributed by atoms with Crippen molar-refractivity contribution in [3.05, 3.63) is 48.0 Å². The highest BCUT2D eigenvalue weighted by molar-refractivity contribution is 5.79. The minimum absolute atomic E-state index is 0.225. The summed E-state index contributed by atoms with van der Waals surface area (Å²) in [4.78, 5) is 12.5. The van der Waals surface area contributed by atoms with Gasteiger partial charge < -0.3 is 23.7 Å². The lowest BCUT2D eigenvalue weighted by molar-refractivity contribution is -0.136. The van der Waals surface area contributed by atoms with E-state index in [2.05, 4.69) is 5.32 Å². The van der Waals surface area contributed by atoms with Crippen LogP contribution in [-0.2, 0) is 9.53 Å². The molecule has 0 radical (unpaired) electrons. The standard InChI is InChI=1S/C19H21NO6/c1-22-15-9-13(10-16(23-2)17(15)24-3)26-19(21)14-11-25-18(20-14)12-7-5-4-6-8-12/h4-10,14,18,20H,11H2,1-3H3. The van der Waals surface area contributed by atoms with Gasteiger partial charge in [0, 0.05) is 12.1 Å². The topological polar surface area (TPSA) is 75.3 Å². The van der Waals surface area contributed by atoms with Gasteiger partial charge in [-0.2, -0.15) is 0 Å². The van der Waals surface area contributed by atoms with Crippen molar-refractivity contribution in [1.29, 1.82) is 0 Å². The van der Waals surface area contributed by atoms with Gasteiger partial charge in [-0.1, -0.05) is 30.3 Å². The van der Waals surface area contributed by atoms with Crippen LogP contribution in [0.5, 0.6) is 23.0 Å². The first-order valence-electron chi connectivity index (χ1n) is 8.10. The molecular weight excluding hydrogens is 338 g/mol. The van der Waals surface area contributed by atoms with Crippen LogP contribution < -0.4 is 24.3 Å². The summed E-state index contributed by atoms with van der Waals surface area (Å²) < 4.78 is 26.9. The Labute approximate surface area is 151 Å². The fourth-order valence-electron chi connectivity index (χ4n) is 2.73. The summed E-state index contributed by atoms with van der Waals surface area (Å²) in [7, 11) is 4.51. The van der Waals surface area contributed by atoms with E-state index in [1.165, 1.54) is 21.3 Å². The van der Waals surface area contributed by atoms with Crippen LogP contribution in [0.2, 0.25) is 0 Å². The van der Waals surface area contributed by atoms with Gasteiger partial charge in [0.2, 0.25) is 5.75 Å². The van der Waals surface area contributed by atoms with Gasteiger partial charge in [-0.25, -0.2) is 4.79 Å². The van der Waals surface area contributed by atoms with E-state index in [4.69, 9.17) is 23.7 Å². The van der Waals surface area contributed by atoms with Crippen LogP contribution in [0, 0.1) is 0 Å². The zero-order valence-corrected chi connectivity index (χ0v) is 14.9. The smallest absolute Gasteiger partial charge is 0.331 e. The second-order valence-corrected chi connectivity index (χ2v) is 5.63. The van der Waals surface area contributed by atoms with Crippen molar-refractivity contribution in [2.45, 2.75) is 12.3 Å². The molecular formula is C19H21NO6. The summed E-state index contributed by atoms with van der Waals surface area (Å²) in [5.74, 6) is 1.10. The predicted molar refractivity (Wildman–Crippen MR) is 93.8 cm³/mol. The minimum atomic E-state index is -0.570. The average molecular weight is 359 g/mol. The molecule has 2 aromatic carbocycles. The molecule has 138 valence electrons. The van der Waals surface area contributed by atoms with Crippen molar-refractivity contribution in [2.75, 3.05) is 27.9 Å². The van der Waals surface area contributed by atoms with Crippen LogP contribution >= 0.6 is 0 Å². The molecule has 0 aliphatic carbocycles. The number of carbonyl (C=O) groups is 1. The maximum absolute atomic E-state index is 12.5. The largest absolute Gasteiger partial charge is 0.493 e. The molecule has 2 atom stereocenters. The number of ether oxygens (including phenoxy) is 5. The molecule has 2 aromatic rings. The van der Waals surface area contributed by atoms with Crippen molar-refractivity contribution in [1.82, 2.24) is 5.32 Å². The Morgan fingerprint density at radius 3 is 2.27 bits per heavy atom. The summed E-state index contributed by atoms with van der Waals surface area (Å²) in [6.07, 6.45) is -0.339. The summed E-state index contributed by atoms with van der Waals surface area (Å²) in [6, 6.07) is 12.2. The zero-order chi connectivity index (χ0) is 18.5. The van der Waals surface area contributed by atoms with Gasteiger partial charge >= 0.3 is 5.97 Å². The predicted octanol–water partition coefficient (Wildman–Crippen LogP) is 2.30. The Bertz CT molecular complexity index is 739. The van der Waals surface area contributed by atoms with E-state index in [-0.39, 0.29) is 12.8 Å². The van der Waals surface area contributed by atoms with E-state index >= 15 is 0 Å². The maximum Gasteiger partial charge on any atom is 0.331 e. The number of esters is 1. The molecule has 0 amide bonds. The Hall–Kier alpha value is -2.77. The van der Waals surface area contributed by atoms with Crippen LogP contribution in [0.1, 0.15) is 11.8 Å². The van der Waals surface area contributed by atoms with Gasteiger partial charge in [-0.05, 0) is 5.56 Å². The molecule has 0 bridgehead atoms. The number of rotatable bonds is 6. The van der Waals surface area contributed by atoms with Crippen LogP contribution in [0.4, 0.5) is 0 Å². The highest BCUT2D eigenvalue weighted by Gasteiger charge is 2.32. The first-order valence-corrected chi connectivity index (χ1v) is 8.10. The van der Waals surface area contributed by atoms with Crippen molar-refractivity contribution >= 4 is 5.97 Å². The maximum atomic E-state index is 12.5. The third-order valence-electron chi connectivity index (χ3n) is 4.03. The molecule has 0 spiro atoms. The van der Waals surface area contributed by atoms with Crippen LogP contribution in [0.3, 0.4) is 0 Å². The molecule has 1 fully saturated rings. The highest BCUT2D eigenvalue weighted by atomic mass is 16.6. The fourth-order valence-corrected chi connectivity index (χ4v) is 2.73. The molecule has 1 aliphatic rings. The van der Waals surface area contributed by atoms with Gasteiger partial charge in [0.1, 0.15) is 18.0 Å². The van der Waals surface area contributed by atoms with E-state index in [1.54, 1.807) is 12.1 Å². The van der Waals surface area contributed by atoms with Crippen molar-refractivity contribution in [3.8, 4) is 23.0 Å². The SMILES string of the molecule is COc1cc(OC(=O)C2COC(c3ccccc3)N2)cc(OC)c1OC. The normalized spacial score (nSPS) is 19.0. The monoisotopic (exact) mass is 359 g/mol. The van der Waals surface area contributed by atoms with Gasteiger partial charge in [-0.3, -0.25) is 5.32 Å². The molecule has 26 heavy (non-hydrogen) atoms. The molecule has 7 heteroatoms.